The standard InChI is InChI=1S/C14H22N2O2/c1-11(10-17)5-4-8-16-9-12-6-2-3-7-13(12)14(15)18/h2-3,6-7,11,16-17H,4-5,8-10H2,1H3,(H2,15,18). The maximum atomic E-state index is 11.2. The van der Waals surface area contributed by atoms with Crippen LogP contribution in [-0.2, 0) is 6.54 Å². The van der Waals surface area contributed by atoms with Crippen LogP contribution in [0.2, 0.25) is 0 Å². The van der Waals surface area contributed by atoms with Gasteiger partial charge < -0.3 is 16.2 Å². The minimum atomic E-state index is -0.388. The van der Waals surface area contributed by atoms with E-state index in [-0.39, 0.29) is 12.5 Å². The molecule has 0 aliphatic carbocycles. The van der Waals surface area contributed by atoms with Gasteiger partial charge in [0.15, 0.2) is 0 Å². The summed E-state index contributed by atoms with van der Waals surface area (Å²) in [5.74, 6) is -0.0361. The third-order valence-electron chi connectivity index (χ3n) is 2.96. The van der Waals surface area contributed by atoms with Crippen molar-refractivity contribution in [2.24, 2.45) is 11.7 Å². The lowest BCUT2D eigenvalue weighted by molar-refractivity contribution is 0.0999. The maximum Gasteiger partial charge on any atom is 0.249 e. The van der Waals surface area contributed by atoms with Gasteiger partial charge in [0.2, 0.25) is 5.91 Å². The van der Waals surface area contributed by atoms with Gasteiger partial charge in [0, 0.05) is 18.7 Å². The summed E-state index contributed by atoms with van der Waals surface area (Å²) in [6, 6.07) is 7.36. The number of carbonyl (C=O) groups is 1. The molecule has 1 unspecified atom stereocenters. The summed E-state index contributed by atoms with van der Waals surface area (Å²) in [5, 5.41) is 12.2. The number of aliphatic hydroxyl groups excluding tert-OH is 1. The van der Waals surface area contributed by atoms with Crippen molar-refractivity contribution in [1.82, 2.24) is 5.32 Å². The lowest BCUT2D eigenvalue weighted by atomic mass is 10.1. The highest BCUT2D eigenvalue weighted by atomic mass is 16.3. The highest BCUT2D eigenvalue weighted by molar-refractivity contribution is 5.94. The fourth-order valence-electron chi connectivity index (χ4n) is 1.80. The smallest absolute Gasteiger partial charge is 0.249 e. The minimum Gasteiger partial charge on any atom is -0.396 e. The molecule has 0 saturated carbocycles. The molecule has 4 heteroatoms. The predicted octanol–water partition coefficient (Wildman–Crippen LogP) is 1.28. The van der Waals surface area contributed by atoms with Crippen LogP contribution in [0.3, 0.4) is 0 Å². The number of carbonyl (C=O) groups excluding carboxylic acids is 1. The molecule has 0 aliphatic rings. The molecule has 0 bridgehead atoms. The molecular weight excluding hydrogens is 228 g/mol. The lowest BCUT2D eigenvalue weighted by Gasteiger charge is -2.10. The number of nitrogens with one attached hydrogen (secondary N) is 1. The summed E-state index contributed by atoms with van der Waals surface area (Å²) in [5.41, 5.74) is 6.82. The van der Waals surface area contributed by atoms with E-state index in [1.807, 2.05) is 25.1 Å². The zero-order valence-electron chi connectivity index (χ0n) is 10.9. The highest BCUT2D eigenvalue weighted by Crippen LogP contribution is 2.08. The van der Waals surface area contributed by atoms with Gasteiger partial charge in [-0.2, -0.15) is 0 Å². The fourth-order valence-corrected chi connectivity index (χ4v) is 1.80. The second kappa shape index (κ2) is 7.84. The van der Waals surface area contributed by atoms with Crippen LogP contribution < -0.4 is 11.1 Å². The van der Waals surface area contributed by atoms with Gasteiger partial charge in [-0.25, -0.2) is 0 Å². The first-order valence-corrected chi connectivity index (χ1v) is 6.34. The molecule has 1 atom stereocenters. The summed E-state index contributed by atoms with van der Waals surface area (Å²) in [7, 11) is 0. The summed E-state index contributed by atoms with van der Waals surface area (Å²) in [6.45, 7) is 3.79. The molecule has 0 radical (unpaired) electrons. The molecule has 0 fully saturated rings. The van der Waals surface area contributed by atoms with E-state index in [9.17, 15) is 4.79 Å². The Morgan fingerprint density at radius 3 is 2.83 bits per heavy atom. The minimum absolute atomic E-state index is 0.241. The van der Waals surface area contributed by atoms with E-state index < -0.39 is 0 Å². The van der Waals surface area contributed by atoms with E-state index in [0.29, 0.717) is 18.0 Å². The molecule has 0 aliphatic heterocycles. The van der Waals surface area contributed by atoms with Crippen LogP contribution >= 0.6 is 0 Å². The van der Waals surface area contributed by atoms with Gasteiger partial charge in [0.1, 0.15) is 0 Å². The third kappa shape index (κ3) is 4.85. The largest absolute Gasteiger partial charge is 0.396 e. The van der Waals surface area contributed by atoms with Crippen molar-refractivity contribution in [2.75, 3.05) is 13.2 Å². The zero-order chi connectivity index (χ0) is 13.4. The lowest BCUT2D eigenvalue weighted by Crippen LogP contribution is -2.20. The van der Waals surface area contributed by atoms with Crippen LogP contribution in [0.25, 0.3) is 0 Å². The SMILES string of the molecule is CC(CO)CCCNCc1ccccc1C(N)=O. The Labute approximate surface area is 108 Å². The van der Waals surface area contributed by atoms with Gasteiger partial charge >= 0.3 is 0 Å². The summed E-state index contributed by atoms with van der Waals surface area (Å²) < 4.78 is 0. The van der Waals surface area contributed by atoms with Gasteiger partial charge in [0.25, 0.3) is 0 Å². The second-order valence-corrected chi connectivity index (χ2v) is 4.63. The van der Waals surface area contributed by atoms with Crippen LogP contribution in [0, 0.1) is 5.92 Å². The Morgan fingerprint density at radius 1 is 1.44 bits per heavy atom. The number of hydrogen-bond donors (Lipinski definition) is 3. The first kappa shape index (κ1) is 14.7. The predicted molar refractivity (Wildman–Crippen MR) is 72.2 cm³/mol. The van der Waals surface area contributed by atoms with Crippen LogP contribution in [0.5, 0.6) is 0 Å². The molecule has 0 saturated heterocycles. The van der Waals surface area contributed by atoms with E-state index in [1.54, 1.807) is 6.07 Å². The van der Waals surface area contributed by atoms with Crippen LogP contribution in [0.1, 0.15) is 35.7 Å². The first-order valence-electron chi connectivity index (χ1n) is 6.34. The first-order chi connectivity index (χ1) is 8.65. The highest BCUT2D eigenvalue weighted by Gasteiger charge is 2.06. The van der Waals surface area contributed by atoms with Crippen molar-refractivity contribution in [3.05, 3.63) is 35.4 Å². The average molecular weight is 250 g/mol. The number of hydrogen-bond acceptors (Lipinski definition) is 3. The molecule has 18 heavy (non-hydrogen) atoms. The van der Waals surface area contributed by atoms with E-state index in [1.165, 1.54) is 0 Å². The van der Waals surface area contributed by atoms with Gasteiger partial charge in [-0.15, -0.1) is 0 Å². The third-order valence-corrected chi connectivity index (χ3v) is 2.96. The van der Waals surface area contributed by atoms with Gasteiger partial charge in [-0.3, -0.25) is 4.79 Å². The summed E-state index contributed by atoms with van der Waals surface area (Å²) in [4.78, 5) is 11.2. The van der Waals surface area contributed by atoms with Crippen molar-refractivity contribution in [3.63, 3.8) is 0 Å². The van der Waals surface area contributed by atoms with Crippen LogP contribution in [0.15, 0.2) is 24.3 Å². The van der Waals surface area contributed by atoms with Crippen molar-refractivity contribution in [1.29, 1.82) is 0 Å². The molecular formula is C14H22N2O2. The molecule has 4 nitrogen and oxygen atoms in total. The Balaban J connectivity index is 2.33. The Hall–Kier alpha value is -1.39. The van der Waals surface area contributed by atoms with Crippen molar-refractivity contribution >= 4 is 5.91 Å². The van der Waals surface area contributed by atoms with Crippen molar-refractivity contribution in [3.8, 4) is 0 Å². The summed E-state index contributed by atoms with van der Waals surface area (Å²) >= 11 is 0. The van der Waals surface area contributed by atoms with E-state index in [0.717, 1.165) is 24.9 Å². The number of aliphatic hydroxyl groups is 1. The van der Waals surface area contributed by atoms with Crippen molar-refractivity contribution < 1.29 is 9.90 Å². The Kier molecular flexibility index (Phi) is 6.39. The van der Waals surface area contributed by atoms with E-state index >= 15 is 0 Å². The molecule has 0 heterocycles. The molecule has 1 rings (SSSR count). The molecule has 1 aromatic carbocycles. The average Bonchev–Trinajstić information content (AvgIpc) is 2.38. The molecule has 1 aromatic rings. The topological polar surface area (TPSA) is 75.3 Å². The van der Waals surface area contributed by atoms with Crippen LogP contribution in [0.4, 0.5) is 0 Å². The Bertz CT molecular complexity index is 380. The number of rotatable bonds is 8. The fraction of sp³-hybridized carbons (Fsp3) is 0.500. The number of amides is 1. The Morgan fingerprint density at radius 2 is 2.17 bits per heavy atom. The maximum absolute atomic E-state index is 11.2. The van der Waals surface area contributed by atoms with Gasteiger partial charge in [-0.05, 0) is 36.9 Å². The molecule has 0 aromatic heterocycles. The van der Waals surface area contributed by atoms with Crippen molar-refractivity contribution in [2.45, 2.75) is 26.3 Å². The van der Waals surface area contributed by atoms with Gasteiger partial charge in [-0.1, -0.05) is 25.1 Å². The molecule has 100 valence electrons. The molecule has 4 N–H and O–H groups in total. The molecule has 1 amide bonds. The molecule has 0 spiro atoms. The second-order valence-electron chi connectivity index (χ2n) is 4.63. The quantitative estimate of drug-likeness (QED) is 0.608. The number of primary amides is 1. The van der Waals surface area contributed by atoms with Crippen LogP contribution in [-0.4, -0.2) is 24.2 Å². The summed E-state index contributed by atoms with van der Waals surface area (Å²) in [6.07, 6.45) is 2.02. The van der Waals surface area contributed by atoms with Gasteiger partial charge in [0.05, 0.1) is 0 Å². The zero-order valence-corrected chi connectivity index (χ0v) is 10.9. The van der Waals surface area contributed by atoms with E-state index in [2.05, 4.69) is 5.32 Å². The monoisotopic (exact) mass is 250 g/mol. The number of benzene rings is 1. The normalized spacial score (nSPS) is 12.3. The number of nitrogens with two attached hydrogens (primary N) is 1. The van der Waals surface area contributed by atoms with E-state index in [4.69, 9.17) is 10.8 Å².